The van der Waals surface area contributed by atoms with E-state index in [1.807, 2.05) is 0 Å². The molecule has 4 heteroatoms. The molecule has 0 bridgehead atoms. The van der Waals surface area contributed by atoms with Crippen LogP contribution < -0.4 is 0 Å². The predicted octanol–water partition coefficient (Wildman–Crippen LogP) is 1.71. The summed E-state index contributed by atoms with van der Waals surface area (Å²) in [5.74, 6) is -2.31. The van der Waals surface area contributed by atoms with Crippen LogP contribution >= 0.6 is 11.8 Å². The van der Waals surface area contributed by atoms with E-state index in [9.17, 15) is 8.78 Å². The van der Waals surface area contributed by atoms with Crippen molar-refractivity contribution >= 4 is 11.8 Å². The van der Waals surface area contributed by atoms with Crippen molar-refractivity contribution in [3.8, 4) is 0 Å². The molecule has 1 atom stereocenters. The molecule has 0 aliphatic carbocycles. The second kappa shape index (κ2) is 4.99. The first-order valence-corrected chi connectivity index (χ1v) is 3.65. The van der Waals surface area contributed by atoms with Gasteiger partial charge < -0.3 is 5.11 Å². The van der Waals surface area contributed by atoms with Gasteiger partial charge in [0.2, 0.25) is 0 Å². The van der Waals surface area contributed by atoms with Crippen LogP contribution in [0.2, 0.25) is 0 Å². The van der Waals surface area contributed by atoms with Crippen molar-refractivity contribution in [2.45, 2.75) is 24.4 Å². The lowest BCUT2D eigenvalue weighted by atomic mass is 10.4. The fraction of sp³-hybridized carbons (Fsp3) is 1.00. The Balaban J connectivity index is 3.15. The molecule has 0 aromatic carbocycles. The lowest BCUT2D eigenvalue weighted by molar-refractivity contribution is 0.249. The number of aliphatic hydroxyl groups excluding tert-OH is 1. The Bertz CT molecular complexity index is 70.0. The van der Waals surface area contributed by atoms with Crippen molar-refractivity contribution < 1.29 is 13.9 Å². The van der Waals surface area contributed by atoms with E-state index >= 15 is 0 Å². The third-order valence-electron chi connectivity index (χ3n) is 0.871. The summed E-state index contributed by atoms with van der Waals surface area (Å²) in [6.45, 7) is 1.66. The molecule has 0 aromatic heterocycles. The molecular formula is C5H10F2OS. The van der Waals surface area contributed by atoms with Gasteiger partial charge in [0.1, 0.15) is 0 Å². The van der Waals surface area contributed by atoms with Crippen molar-refractivity contribution in [2.24, 2.45) is 0 Å². The molecule has 0 heterocycles. The number of alkyl halides is 2. The zero-order valence-corrected chi connectivity index (χ0v) is 6.00. The summed E-state index contributed by atoms with van der Waals surface area (Å²) in [6.07, 6.45) is 0.439. The third-order valence-corrected chi connectivity index (χ3v) is 1.78. The highest BCUT2D eigenvalue weighted by Gasteiger charge is 2.08. The first kappa shape index (κ1) is 9.17. The summed E-state index contributed by atoms with van der Waals surface area (Å²) in [6, 6.07) is 0. The molecule has 0 amide bonds. The Labute approximate surface area is 57.4 Å². The van der Waals surface area contributed by atoms with Crippen LogP contribution in [-0.4, -0.2) is 22.7 Å². The molecule has 0 fully saturated rings. The van der Waals surface area contributed by atoms with Gasteiger partial charge in [0, 0.05) is 11.9 Å². The molecule has 0 spiro atoms. The van der Waals surface area contributed by atoms with Gasteiger partial charge in [-0.3, -0.25) is 0 Å². The Morgan fingerprint density at radius 1 is 1.56 bits per heavy atom. The van der Waals surface area contributed by atoms with Crippen molar-refractivity contribution in [1.29, 1.82) is 0 Å². The number of thioether (sulfide) groups is 1. The molecule has 56 valence electrons. The molecule has 9 heavy (non-hydrogen) atoms. The summed E-state index contributed by atoms with van der Waals surface area (Å²) < 4.78 is 23.0. The maximum atomic E-state index is 11.5. The van der Waals surface area contributed by atoms with Gasteiger partial charge in [0.15, 0.2) is 0 Å². The van der Waals surface area contributed by atoms with Crippen LogP contribution in [-0.2, 0) is 0 Å². The van der Waals surface area contributed by atoms with Gasteiger partial charge in [-0.05, 0) is 6.42 Å². The quantitative estimate of drug-likeness (QED) is 0.668. The van der Waals surface area contributed by atoms with Crippen LogP contribution in [0.3, 0.4) is 0 Å². The maximum Gasteiger partial charge on any atom is 0.284 e. The highest BCUT2D eigenvalue weighted by Crippen LogP contribution is 2.21. The number of halogens is 2. The van der Waals surface area contributed by atoms with Crippen molar-refractivity contribution in [3.05, 3.63) is 0 Å². The van der Waals surface area contributed by atoms with E-state index in [2.05, 4.69) is 0 Å². The monoisotopic (exact) mass is 156 g/mol. The summed E-state index contributed by atoms with van der Waals surface area (Å²) >= 11 is 0.586. The lowest BCUT2D eigenvalue weighted by Gasteiger charge is -2.06. The molecule has 0 saturated carbocycles. The van der Waals surface area contributed by atoms with E-state index in [0.717, 1.165) is 0 Å². The first-order chi connectivity index (χ1) is 4.16. The summed E-state index contributed by atoms with van der Waals surface area (Å²) in [7, 11) is 0. The topological polar surface area (TPSA) is 20.2 Å². The minimum atomic E-state index is -2.31. The number of aliphatic hydroxyl groups is 1. The lowest BCUT2D eigenvalue weighted by Crippen LogP contribution is -2.01. The molecule has 1 unspecified atom stereocenters. The molecule has 0 aliphatic heterocycles. The van der Waals surface area contributed by atoms with Gasteiger partial charge in [0.25, 0.3) is 5.76 Å². The Hall–Kier alpha value is 0.170. The van der Waals surface area contributed by atoms with E-state index in [4.69, 9.17) is 5.11 Å². The van der Waals surface area contributed by atoms with Crippen LogP contribution in [0.25, 0.3) is 0 Å². The smallest absolute Gasteiger partial charge is 0.284 e. The maximum absolute atomic E-state index is 11.5. The summed E-state index contributed by atoms with van der Waals surface area (Å²) in [4.78, 5) is 0. The molecule has 0 aromatic rings. The van der Waals surface area contributed by atoms with Crippen LogP contribution in [0, 0.1) is 0 Å². The summed E-state index contributed by atoms with van der Waals surface area (Å²) in [5, 5.41) is 8.15. The van der Waals surface area contributed by atoms with Crippen LogP contribution in [0.1, 0.15) is 13.3 Å². The molecule has 0 aliphatic rings. The molecular weight excluding hydrogens is 146 g/mol. The predicted molar refractivity (Wildman–Crippen MR) is 34.8 cm³/mol. The normalized spacial score (nSPS) is 14.3. The van der Waals surface area contributed by atoms with Crippen molar-refractivity contribution in [3.63, 3.8) is 0 Å². The number of hydrogen-bond donors (Lipinski definition) is 1. The fourth-order valence-electron chi connectivity index (χ4n) is 0.425. The minimum Gasteiger partial charge on any atom is -0.396 e. The average Bonchev–Trinajstić information content (AvgIpc) is 1.63. The van der Waals surface area contributed by atoms with Gasteiger partial charge in [-0.15, -0.1) is 0 Å². The van der Waals surface area contributed by atoms with Crippen molar-refractivity contribution in [1.82, 2.24) is 0 Å². The minimum absolute atomic E-state index is 0.0130. The highest BCUT2D eigenvalue weighted by atomic mass is 32.2. The molecule has 0 saturated heterocycles. The van der Waals surface area contributed by atoms with Crippen LogP contribution in [0.15, 0.2) is 0 Å². The second-order valence-corrected chi connectivity index (χ2v) is 3.15. The van der Waals surface area contributed by atoms with Gasteiger partial charge in [-0.1, -0.05) is 18.7 Å². The van der Waals surface area contributed by atoms with E-state index in [-0.39, 0.29) is 11.9 Å². The first-order valence-electron chi connectivity index (χ1n) is 2.71. The molecule has 1 N–H and O–H groups in total. The Morgan fingerprint density at radius 3 is 2.44 bits per heavy atom. The second-order valence-electron chi connectivity index (χ2n) is 1.72. The van der Waals surface area contributed by atoms with E-state index < -0.39 is 5.76 Å². The Kier molecular flexibility index (Phi) is 5.09. The zero-order valence-electron chi connectivity index (χ0n) is 5.18. The van der Waals surface area contributed by atoms with E-state index in [1.54, 1.807) is 6.92 Å². The highest BCUT2D eigenvalue weighted by molar-refractivity contribution is 8.00. The van der Waals surface area contributed by atoms with Gasteiger partial charge in [0.05, 0.1) is 0 Å². The van der Waals surface area contributed by atoms with Crippen molar-refractivity contribution in [2.75, 3.05) is 6.61 Å². The number of hydrogen-bond acceptors (Lipinski definition) is 2. The standard InChI is InChI=1S/C5H10F2OS/c1-4(2-3-8)9-5(6)7/h4-5,8H,2-3H2,1H3. The summed E-state index contributed by atoms with van der Waals surface area (Å²) in [5.41, 5.74) is 0. The third kappa shape index (κ3) is 6.05. The SMILES string of the molecule is CC(CCO)SC(F)F. The van der Waals surface area contributed by atoms with E-state index in [0.29, 0.717) is 18.2 Å². The molecule has 0 radical (unpaired) electrons. The van der Waals surface area contributed by atoms with Gasteiger partial charge in [-0.2, -0.15) is 8.78 Å². The molecule has 0 rings (SSSR count). The van der Waals surface area contributed by atoms with Crippen LogP contribution in [0.4, 0.5) is 8.78 Å². The van der Waals surface area contributed by atoms with Gasteiger partial charge in [-0.25, -0.2) is 0 Å². The fourth-order valence-corrected chi connectivity index (χ4v) is 1.02. The molecule has 1 nitrogen and oxygen atoms in total. The zero-order chi connectivity index (χ0) is 7.28. The van der Waals surface area contributed by atoms with Gasteiger partial charge >= 0.3 is 0 Å². The van der Waals surface area contributed by atoms with Crippen LogP contribution in [0.5, 0.6) is 0 Å². The average molecular weight is 156 g/mol. The Morgan fingerprint density at radius 2 is 2.11 bits per heavy atom. The largest absolute Gasteiger partial charge is 0.396 e. The van der Waals surface area contributed by atoms with E-state index in [1.165, 1.54) is 0 Å². The number of rotatable bonds is 4.